The van der Waals surface area contributed by atoms with Gasteiger partial charge in [-0.15, -0.1) is 0 Å². The van der Waals surface area contributed by atoms with Crippen LogP contribution in [-0.4, -0.2) is 6.54 Å². The first-order valence-electron chi connectivity index (χ1n) is 6.60. The topological polar surface area (TPSA) is 25.2 Å². The van der Waals surface area contributed by atoms with Crippen LogP contribution in [0.1, 0.15) is 41.2 Å². The number of nitrogens with one attached hydrogen (secondary N) is 1. The van der Waals surface area contributed by atoms with Crippen molar-refractivity contribution in [2.45, 2.75) is 33.7 Å². The highest BCUT2D eigenvalue weighted by Crippen LogP contribution is 2.34. The Kier molecular flexibility index (Phi) is 4.33. The molecule has 19 heavy (non-hydrogen) atoms. The highest BCUT2D eigenvalue weighted by atomic mass is 35.5. The second kappa shape index (κ2) is 5.81. The van der Waals surface area contributed by atoms with Crippen LogP contribution < -0.4 is 5.32 Å². The number of hydrogen-bond acceptors (Lipinski definition) is 2. The Balaban J connectivity index is 2.55. The van der Waals surface area contributed by atoms with Crippen LogP contribution in [0.3, 0.4) is 0 Å². The zero-order chi connectivity index (χ0) is 14.0. The van der Waals surface area contributed by atoms with Crippen molar-refractivity contribution in [2.24, 2.45) is 0 Å². The molecule has 0 amide bonds. The summed E-state index contributed by atoms with van der Waals surface area (Å²) in [5, 5.41) is 4.29. The van der Waals surface area contributed by atoms with Gasteiger partial charge in [-0.25, -0.2) is 0 Å². The van der Waals surface area contributed by atoms with Gasteiger partial charge in [-0.05, 0) is 44.5 Å². The van der Waals surface area contributed by atoms with Crippen molar-refractivity contribution in [3.8, 4) is 0 Å². The molecule has 0 spiro atoms. The zero-order valence-corrected chi connectivity index (χ0v) is 12.6. The van der Waals surface area contributed by atoms with Crippen LogP contribution in [0.15, 0.2) is 28.7 Å². The monoisotopic (exact) mass is 277 g/mol. The second-order valence-electron chi connectivity index (χ2n) is 4.77. The van der Waals surface area contributed by atoms with E-state index in [1.54, 1.807) is 0 Å². The molecule has 2 aromatic rings. The molecule has 0 aliphatic heterocycles. The molecule has 0 aliphatic rings. The number of hydrogen-bond donors (Lipinski definition) is 1. The van der Waals surface area contributed by atoms with Crippen LogP contribution in [0.4, 0.5) is 0 Å². The van der Waals surface area contributed by atoms with Crippen molar-refractivity contribution in [2.75, 3.05) is 6.54 Å². The van der Waals surface area contributed by atoms with Gasteiger partial charge in [0.2, 0.25) is 0 Å². The largest absolute Gasteiger partial charge is 0.466 e. The first-order valence-corrected chi connectivity index (χ1v) is 6.98. The van der Waals surface area contributed by atoms with Crippen molar-refractivity contribution in [3.05, 3.63) is 57.5 Å². The second-order valence-corrected chi connectivity index (χ2v) is 5.17. The first-order chi connectivity index (χ1) is 9.06. The van der Waals surface area contributed by atoms with Gasteiger partial charge in [0, 0.05) is 10.6 Å². The smallest absolute Gasteiger partial charge is 0.106 e. The van der Waals surface area contributed by atoms with E-state index in [1.165, 1.54) is 11.1 Å². The van der Waals surface area contributed by atoms with Crippen molar-refractivity contribution < 1.29 is 4.42 Å². The highest BCUT2D eigenvalue weighted by Gasteiger charge is 2.23. The van der Waals surface area contributed by atoms with E-state index in [1.807, 2.05) is 32.0 Å². The molecule has 2 nitrogen and oxygen atoms in total. The minimum Gasteiger partial charge on any atom is -0.466 e. The fourth-order valence-corrected chi connectivity index (χ4v) is 2.76. The maximum Gasteiger partial charge on any atom is 0.106 e. The molecule has 1 N–H and O–H groups in total. The molecule has 1 unspecified atom stereocenters. The van der Waals surface area contributed by atoms with Crippen molar-refractivity contribution >= 4 is 11.6 Å². The van der Waals surface area contributed by atoms with Crippen LogP contribution in [-0.2, 0) is 0 Å². The lowest BCUT2D eigenvalue weighted by Crippen LogP contribution is -2.23. The molecule has 0 bridgehead atoms. The van der Waals surface area contributed by atoms with Gasteiger partial charge in [-0.2, -0.15) is 0 Å². The SMILES string of the molecule is CCNC(c1ccccc1Cl)c1c(C)oc(C)c1C. The summed E-state index contributed by atoms with van der Waals surface area (Å²) in [6.45, 7) is 9.08. The third kappa shape index (κ3) is 2.70. The summed E-state index contributed by atoms with van der Waals surface area (Å²) in [4.78, 5) is 0. The van der Waals surface area contributed by atoms with E-state index in [9.17, 15) is 0 Å². The third-order valence-electron chi connectivity index (χ3n) is 3.53. The van der Waals surface area contributed by atoms with Gasteiger partial charge < -0.3 is 9.73 Å². The minimum absolute atomic E-state index is 0.0798. The minimum atomic E-state index is 0.0798. The highest BCUT2D eigenvalue weighted by molar-refractivity contribution is 6.31. The van der Waals surface area contributed by atoms with Crippen molar-refractivity contribution in [3.63, 3.8) is 0 Å². The lowest BCUT2D eigenvalue weighted by Gasteiger charge is -2.20. The predicted molar refractivity (Wildman–Crippen MR) is 79.9 cm³/mol. The number of furan rings is 1. The van der Waals surface area contributed by atoms with E-state index < -0.39 is 0 Å². The summed E-state index contributed by atoms with van der Waals surface area (Å²) in [6, 6.07) is 8.05. The molecule has 3 heteroatoms. The molecule has 0 aliphatic carbocycles. The van der Waals surface area contributed by atoms with E-state index in [0.717, 1.165) is 28.7 Å². The Bertz CT molecular complexity index is 574. The van der Waals surface area contributed by atoms with E-state index >= 15 is 0 Å². The van der Waals surface area contributed by atoms with Gasteiger partial charge in [0.1, 0.15) is 11.5 Å². The van der Waals surface area contributed by atoms with E-state index in [0.29, 0.717) is 0 Å². The Morgan fingerprint density at radius 2 is 1.84 bits per heavy atom. The quantitative estimate of drug-likeness (QED) is 0.886. The molecule has 102 valence electrons. The van der Waals surface area contributed by atoms with Crippen LogP contribution in [0.25, 0.3) is 0 Å². The van der Waals surface area contributed by atoms with E-state index in [2.05, 4.69) is 25.2 Å². The molecular formula is C16H20ClNO. The van der Waals surface area contributed by atoms with Gasteiger partial charge in [-0.3, -0.25) is 0 Å². The molecule has 0 fully saturated rings. The third-order valence-corrected chi connectivity index (χ3v) is 3.87. The average Bonchev–Trinajstić information content (AvgIpc) is 2.62. The molecule has 2 rings (SSSR count). The van der Waals surface area contributed by atoms with Crippen molar-refractivity contribution in [1.82, 2.24) is 5.32 Å². The average molecular weight is 278 g/mol. The zero-order valence-electron chi connectivity index (χ0n) is 11.9. The molecule has 1 aromatic heterocycles. The van der Waals surface area contributed by atoms with E-state index in [4.69, 9.17) is 16.0 Å². The van der Waals surface area contributed by atoms with Crippen LogP contribution >= 0.6 is 11.6 Å². The molecule has 1 heterocycles. The fourth-order valence-electron chi connectivity index (χ4n) is 2.52. The van der Waals surface area contributed by atoms with Gasteiger partial charge in [-0.1, -0.05) is 36.7 Å². The summed E-state index contributed by atoms with van der Waals surface area (Å²) < 4.78 is 5.75. The molecule has 0 saturated carbocycles. The summed E-state index contributed by atoms with van der Waals surface area (Å²) in [5.74, 6) is 1.93. The van der Waals surface area contributed by atoms with Crippen LogP contribution in [0, 0.1) is 20.8 Å². The van der Waals surface area contributed by atoms with E-state index in [-0.39, 0.29) is 6.04 Å². The van der Waals surface area contributed by atoms with Gasteiger partial charge in [0.25, 0.3) is 0 Å². The maximum atomic E-state index is 6.35. The fraction of sp³-hybridized carbons (Fsp3) is 0.375. The normalized spacial score (nSPS) is 12.7. The van der Waals surface area contributed by atoms with Crippen molar-refractivity contribution in [1.29, 1.82) is 0 Å². The predicted octanol–water partition coefficient (Wildman–Crippen LogP) is 4.56. The Morgan fingerprint density at radius 1 is 1.16 bits per heavy atom. The first kappa shape index (κ1) is 14.2. The summed E-state index contributed by atoms with van der Waals surface area (Å²) in [6.07, 6.45) is 0. The van der Waals surface area contributed by atoms with Crippen LogP contribution in [0.2, 0.25) is 5.02 Å². The lowest BCUT2D eigenvalue weighted by atomic mass is 9.95. The number of halogens is 1. The summed E-state index contributed by atoms with van der Waals surface area (Å²) >= 11 is 6.35. The molecule has 0 radical (unpaired) electrons. The standard InChI is InChI=1S/C16H20ClNO/c1-5-18-16(13-8-6-7-9-14(13)17)15-10(2)11(3)19-12(15)4/h6-9,16,18H,5H2,1-4H3. The Hall–Kier alpha value is -1.25. The molecule has 0 saturated heterocycles. The summed E-state index contributed by atoms with van der Waals surface area (Å²) in [5.41, 5.74) is 3.49. The Labute approximate surface area is 119 Å². The molecular weight excluding hydrogens is 258 g/mol. The van der Waals surface area contributed by atoms with Gasteiger partial charge in [0.05, 0.1) is 6.04 Å². The summed E-state index contributed by atoms with van der Waals surface area (Å²) in [7, 11) is 0. The van der Waals surface area contributed by atoms with Gasteiger partial charge in [0.15, 0.2) is 0 Å². The number of aryl methyl sites for hydroxylation is 2. The number of benzene rings is 1. The lowest BCUT2D eigenvalue weighted by molar-refractivity contribution is 0.494. The Morgan fingerprint density at radius 3 is 2.37 bits per heavy atom. The number of rotatable bonds is 4. The molecule has 1 aromatic carbocycles. The molecule has 1 atom stereocenters. The maximum absolute atomic E-state index is 6.35. The van der Waals surface area contributed by atoms with Crippen LogP contribution in [0.5, 0.6) is 0 Å². The van der Waals surface area contributed by atoms with Gasteiger partial charge >= 0.3 is 0 Å².